The maximum absolute atomic E-state index is 10.2. The van der Waals surface area contributed by atoms with Gasteiger partial charge in [0.05, 0.1) is 13.2 Å². The third kappa shape index (κ3) is 7.71. The zero-order valence-electron chi connectivity index (χ0n) is 16.3. The normalized spacial score (nSPS) is 12.5. The molecule has 0 bridgehead atoms. The molecule has 0 saturated carbocycles. The molecule has 146 valence electrons. The second-order valence-electron chi connectivity index (χ2n) is 6.36. The van der Waals surface area contributed by atoms with Crippen molar-refractivity contribution in [2.75, 3.05) is 26.7 Å². The highest BCUT2D eigenvalue weighted by Crippen LogP contribution is 2.15. The van der Waals surface area contributed by atoms with E-state index in [1.54, 1.807) is 7.11 Å². The van der Waals surface area contributed by atoms with E-state index in [0.29, 0.717) is 13.0 Å². The summed E-state index contributed by atoms with van der Waals surface area (Å²) >= 11 is 0. The lowest BCUT2D eigenvalue weighted by Crippen LogP contribution is -2.38. The first-order valence-corrected chi connectivity index (χ1v) is 9.61. The summed E-state index contributed by atoms with van der Waals surface area (Å²) in [5, 5.41) is 16.8. The first-order chi connectivity index (χ1) is 13.2. The lowest BCUT2D eigenvalue weighted by Gasteiger charge is -2.14. The van der Waals surface area contributed by atoms with Crippen molar-refractivity contribution in [2.24, 2.45) is 4.99 Å². The molecule has 0 aliphatic heterocycles. The molecule has 0 saturated heterocycles. The van der Waals surface area contributed by atoms with E-state index in [9.17, 15) is 5.11 Å². The number of aliphatic imine (C=N–C) groups is 1. The van der Waals surface area contributed by atoms with Crippen molar-refractivity contribution in [1.29, 1.82) is 0 Å². The molecule has 27 heavy (non-hydrogen) atoms. The van der Waals surface area contributed by atoms with E-state index >= 15 is 0 Å². The van der Waals surface area contributed by atoms with Gasteiger partial charge >= 0.3 is 0 Å². The summed E-state index contributed by atoms with van der Waals surface area (Å²) in [7, 11) is 1.69. The van der Waals surface area contributed by atoms with E-state index < -0.39 is 6.10 Å². The molecule has 0 aromatic heterocycles. The number of aliphatic hydroxyl groups excluding tert-OH is 1. The molecular weight excluding hydrogens is 338 g/mol. The summed E-state index contributed by atoms with van der Waals surface area (Å²) in [5.74, 6) is 1.69. The molecule has 3 N–H and O–H groups in total. The SMILES string of the molecule is CCNC(=NCCCc1cccc(OC)c1)NCCC(O)c1ccccc1. The minimum absolute atomic E-state index is 0.463. The fraction of sp³-hybridized carbons (Fsp3) is 0.409. The number of benzene rings is 2. The molecule has 5 nitrogen and oxygen atoms in total. The fourth-order valence-electron chi connectivity index (χ4n) is 2.81. The number of hydrogen-bond donors (Lipinski definition) is 3. The average Bonchev–Trinajstić information content (AvgIpc) is 2.71. The van der Waals surface area contributed by atoms with Crippen molar-refractivity contribution >= 4 is 5.96 Å². The monoisotopic (exact) mass is 369 g/mol. The van der Waals surface area contributed by atoms with E-state index in [1.165, 1.54) is 5.56 Å². The number of aryl methyl sites for hydroxylation is 1. The molecular formula is C22H31N3O2. The Morgan fingerprint density at radius 2 is 1.93 bits per heavy atom. The first-order valence-electron chi connectivity index (χ1n) is 9.61. The topological polar surface area (TPSA) is 65.9 Å². The second-order valence-corrected chi connectivity index (χ2v) is 6.36. The molecule has 2 aromatic rings. The summed E-state index contributed by atoms with van der Waals surface area (Å²) < 4.78 is 5.26. The molecule has 0 fully saturated rings. The van der Waals surface area contributed by atoms with Crippen LogP contribution in [0.5, 0.6) is 5.75 Å². The summed E-state index contributed by atoms with van der Waals surface area (Å²) in [6.07, 6.45) is 2.11. The van der Waals surface area contributed by atoms with Crippen LogP contribution >= 0.6 is 0 Å². The lowest BCUT2D eigenvalue weighted by molar-refractivity contribution is 0.168. The largest absolute Gasteiger partial charge is 0.497 e. The molecule has 1 atom stereocenters. The summed E-state index contributed by atoms with van der Waals surface area (Å²) in [4.78, 5) is 4.62. The van der Waals surface area contributed by atoms with Gasteiger partial charge in [0.25, 0.3) is 0 Å². The van der Waals surface area contributed by atoms with Gasteiger partial charge in [0.2, 0.25) is 0 Å². The zero-order chi connectivity index (χ0) is 19.3. The van der Waals surface area contributed by atoms with Crippen LogP contribution in [0.15, 0.2) is 59.6 Å². The van der Waals surface area contributed by atoms with Crippen LogP contribution < -0.4 is 15.4 Å². The van der Waals surface area contributed by atoms with Gasteiger partial charge in [0.15, 0.2) is 5.96 Å². The average molecular weight is 370 g/mol. The fourth-order valence-corrected chi connectivity index (χ4v) is 2.81. The summed E-state index contributed by atoms with van der Waals surface area (Å²) in [6, 6.07) is 17.9. The van der Waals surface area contributed by atoms with Crippen molar-refractivity contribution in [3.63, 3.8) is 0 Å². The second kappa shape index (κ2) is 12.0. The van der Waals surface area contributed by atoms with Crippen molar-refractivity contribution in [1.82, 2.24) is 10.6 Å². The van der Waals surface area contributed by atoms with Crippen LogP contribution in [0.3, 0.4) is 0 Å². The van der Waals surface area contributed by atoms with Gasteiger partial charge in [-0.05, 0) is 49.4 Å². The molecule has 2 aromatic carbocycles. The lowest BCUT2D eigenvalue weighted by atomic mass is 10.1. The minimum Gasteiger partial charge on any atom is -0.497 e. The predicted molar refractivity (Wildman–Crippen MR) is 111 cm³/mol. The summed E-state index contributed by atoms with van der Waals surface area (Å²) in [5.41, 5.74) is 2.20. The van der Waals surface area contributed by atoms with Gasteiger partial charge in [-0.2, -0.15) is 0 Å². The number of aliphatic hydroxyl groups is 1. The number of nitrogens with zero attached hydrogens (tertiary/aromatic N) is 1. The molecule has 2 rings (SSSR count). The van der Waals surface area contributed by atoms with Gasteiger partial charge in [-0.15, -0.1) is 0 Å². The van der Waals surface area contributed by atoms with E-state index in [1.807, 2.05) is 49.4 Å². The van der Waals surface area contributed by atoms with Crippen LogP contribution in [-0.4, -0.2) is 37.8 Å². The molecule has 1 unspecified atom stereocenters. The number of hydrogen-bond acceptors (Lipinski definition) is 3. The molecule has 0 amide bonds. The Bertz CT molecular complexity index is 689. The quantitative estimate of drug-likeness (QED) is 0.341. The maximum atomic E-state index is 10.2. The molecule has 0 aliphatic carbocycles. The van der Waals surface area contributed by atoms with Gasteiger partial charge in [0.1, 0.15) is 5.75 Å². The Morgan fingerprint density at radius 1 is 1.11 bits per heavy atom. The van der Waals surface area contributed by atoms with Gasteiger partial charge in [-0.1, -0.05) is 42.5 Å². The Kier molecular flexibility index (Phi) is 9.21. The first kappa shape index (κ1) is 20.8. The van der Waals surface area contributed by atoms with Crippen LogP contribution in [-0.2, 0) is 6.42 Å². The van der Waals surface area contributed by atoms with Crippen LogP contribution in [0, 0.1) is 0 Å². The summed E-state index contributed by atoms with van der Waals surface area (Å²) in [6.45, 7) is 4.26. The van der Waals surface area contributed by atoms with Crippen LogP contribution in [0.25, 0.3) is 0 Å². The van der Waals surface area contributed by atoms with Gasteiger partial charge in [-0.25, -0.2) is 0 Å². The Balaban J connectivity index is 1.74. The van der Waals surface area contributed by atoms with Crippen LogP contribution in [0.4, 0.5) is 0 Å². The zero-order valence-corrected chi connectivity index (χ0v) is 16.3. The minimum atomic E-state index is -0.463. The number of methoxy groups -OCH3 is 1. The van der Waals surface area contributed by atoms with Crippen molar-refractivity contribution < 1.29 is 9.84 Å². The van der Waals surface area contributed by atoms with E-state index in [2.05, 4.69) is 27.8 Å². The third-order valence-corrected chi connectivity index (χ3v) is 4.27. The highest BCUT2D eigenvalue weighted by molar-refractivity contribution is 5.79. The van der Waals surface area contributed by atoms with Crippen molar-refractivity contribution in [2.45, 2.75) is 32.3 Å². The maximum Gasteiger partial charge on any atom is 0.191 e. The Morgan fingerprint density at radius 3 is 2.67 bits per heavy atom. The Hall–Kier alpha value is -2.53. The number of guanidine groups is 1. The molecule has 0 spiro atoms. The van der Waals surface area contributed by atoms with Crippen LogP contribution in [0.1, 0.15) is 37.0 Å². The molecule has 0 radical (unpaired) electrons. The Labute approximate surface area is 162 Å². The van der Waals surface area contributed by atoms with E-state index in [0.717, 1.165) is 43.2 Å². The predicted octanol–water partition coefficient (Wildman–Crippen LogP) is 3.31. The number of rotatable bonds is 10. The van der Waals surface area contributed by atoms with Crippen molar-refractivity contribution in [3.8, 4) is 5.75 Å². The number of ether oxygens (including phenoxy) is 1. The molecule has 0 heterocycles. The standard InChI is InChI=1S/C22H31N3O2/c1-3-23-22(25-16-14-21(26)19-11-5-4-6-12-19)24-15-8-10-18-9-7-13-20(17-18)27-2/h4-7,9,11-13,17,21,26H,3,8,10,14-16H2,1-2H3,(H2,23,24,25). The van der Waals surface area contributed by atoms with Crippen molar-refractivity contribution in [3.05, 3.63) is 65.7 Å². The number of nitrogens with one attached hydrogen (secondary N) is 2. The van der Waals surface area contributed by atoms with E-state index in [4.69, 9.17) is 4.74 Å². The van der Waals surface area contributed by atoms with E-state index in [-0.39, 0.29) is 0 Å². The highest BCUT2D eigenvalue weighted by atomic mass is 16.5. The highest BCUT2D eigenvalue weighted by Gasteiger charge is 2.07. The molecule has 0 aliphatic rings. The third-order valence-electron chi connectivity index (χ3n) is 4.27. The van der Waals surface area contributed by atoms with Gasteiger partial charge in [-0.3, -0.25) is 4.99 Å². The van der Waals surface area contributed by atoms with Gasteiger partial charge in [0, 0.05) is 19.6 Å². The molecule has 5 heteroatoms. The smallest absolute Gasteiger partial charge is 0.191 e. The van der Waals surface area contributed by atoms with Crippen LogP contribution in [0.2, 0.25) is 0 Å². The van der Waals surface area contributed by atoms with Gasteiger partial charge < -0.3 is 20.5 Å².